The zero-order valence-corrected chi connectivity index (χ0v) is 18.3. The van der Waals surface area contributed by atoms with E-state index in [4.69, 9.17) is 0 Å². The Bertz CT molecular complexity index is 987. The molecule has 3 rings (SSSR count). The van der Waals surface area contributed by atoms with E-state index in [0.717, 1.165) is 0 Å². The van der Waals surface area contributed by atoms with E-state index in [9.17, 15) is 22.2 Å². The van der Waals surface area contributed by atoms with Crippen molar-refractivity contribution in [1.82, 2.24) is 4.90 Å². The zero-order chi connectivity index (χ0) is 21.3. The third-order valence-electron chi connectivity index (χ3n) is 5.06. The fourth-order valence-corrected chi connectivity index (χ4v) is 5.25. The van der Waals surface area contributed by atoms with Crippen LogP contribution in [0.4, 0.5) is 5.69 Å². The Hall–Kier alpha value is -2.07. The Labute approximate surface area is 173 Å². The summed E-state index contributed by atoms with van der Waals surface area (Å²) in [4.78, 5) is 27.8. The minimum Gasteiger partial charge on any atom is -0.341 e. The lowest BCUT2D eigenvalue weighted by Gasteiger charge is -2.24. The van der Waals surface area contributed by atoms with Crippen molar-refractivity contribution in [3.05, 3.63) is 24.3 Å². The number of hydrogen-bond donors (Lipinski definition) is 1. The highest BCUT2D eigenvalue weighted by Crippen LogP contribution is 2.32. The van der Waals surface area contributed by atoms with E-state index in [0.29, 0.717) is 24.6 Å². The van der Waals surface area contributed by atoms with Crippen LogP contribution in [-0.2, 0) is 30.4 Å². The number of benzene rings is 1. The lowest BCUT2D eigenvalue weighted by atomic mass is 10.0. The van der Waals surface area contributed by atoms with Gasteiger partial charge in [-0.05, 0) is 30.9 Å². The van der Waals surface area contributed by atoms with Gasteiger partial charge in [0.05, 0.1) is 11.7 Å². The van der Waals surface area contributed by atoms with Crippen molar-refractivity contribution < 1.29 is 22.2 Å². The summed E-state index contributed by atoms with van der Waals surface area (Å²) < 4.78 is 40.4. The van der Waals surface area contributed by atoms with E-state index in [1.54, 1.807) is 24.5 Å². The number of likely N-dealkylation sites (tertiary alicyclic amines) is 1. The van der Waals surface area contributed by atoms with Gasteiger partial charge in [-0.1, -0.05) is 26.0 Å². The Balaban J connectivity index is 1.94. The van der Waals surface area contributed by atoms with E-state index in [2.05, 4.69) is 9.71 Å². The summed E-state index contributed by atoms with van der Waals surface area (Å²) in [5, 5.41) is 2.87. The summed E-state index contributed by atoms with van der Waals surface area (Å²) in [5.74, 6) is -1.69. The summed E-state index contributed by atoms with van der Waals surface area (Å²) in [5.41, 5.74) is 0.296. The summed E-state index contributed by atoms with van der Waals surface area (Å²) in [6.07, 6.45) is 2.53. The second-order valence-electron chi connectivity index (χ2n) is 7.70. The van der Waals surface area contributed by atoms with E-state index in [-0.39, 0.29) is 22.9 Å². The van der Waals surface area contributed by atoms with E-state index in [1.807, 2.05) is 13.8 Å². The van der Waals surface area contributed by atoms with Gasteiger partial charge in [-0.3, -0.25) is 13.8 Å². The van der Waals surface area contributed by atoms with Crippen molar-refractivity contribution >= 4 is 44.0 Å². The number of nitrogens with one attached hydrogen (secondary N) is 1. The van der Waals surface area contributed by atoms with Crippen molar-refractivity contribution in [3.63, 3.8) is 0 Å². The highest BCUT2D eigenvalue weighted by Gasteiger charge is 2.50. The molecule has 2 aliphatic rings. The number of carbonyl (C=O) groups is 2. The van der Waals surface area contributed by atoms with Crippen molar-refractivity contribution in [3.8, 4) is 0 Å². The molecule has 1 amide bonds. The topological polar surface area (TPSA) is 113 Å². The number of para-hydroxylation sites is 1. The number of amides is 1. The molecule has 0 aromatic heterocycles. The SMILES string of the molecule is CC(C)CCN1C(=O)C(C2=NS(=O)(=O)c3ccccc3N2)C(=O)[C@@H]1CCS(C)=O. The number of rotatable bonds is 7. The first kappa shape index (κ1) is 21.6. The lowest BCUT2D eigenvalue weighted by molar-refractivity contribution is -0.130. The number of Topliss-reactive ketones (excluding diaryl/α,β-unsaturated/α-hetero) is 1. The third kappa shape index (κ3) is 4.42. The molecule has 0 aliphatic carbocycles. The lowest BCUT2D eigenvalue weighted by Crippen LogP contribution is -2.38. The quantitative estimate of drug-likeness (QED) is 0.643. The molecule has 3 atom stereocenters. The van der Waals surface area contributed by atoms with Gasteiger partial charge in [0.2, 0.25) is 5.91 Å². The second-order valence-corrected chi connectivity index (χ2v) is 10.8. The highest BCUT2D eigenvalue weighted by atomic mass is 32.2. The first-order valence-electron chi connectivity index (χ1n) is 9.47. The molecule has 0 spiro atoms. The minimum absolute atomic E-state index is 0.0104. The molecule has 0 bridgehead atoms. The number of nitrogens with zero attached hydrogens (tertiary/aromatic N) is 2. The molecular weight excluding hydrogens is 414 g/mol. The van der Waals surface area contributed by atoms with Gasteiger partial charge in [0.1, 0.15) is 10.7 Å². The van der Waals surface area contributed by atoms with Gasteiger partial charge in [-0.15, -0.1) is 4.40 Å². The number of ketones is 1. The molecule has 1 N–H and O–H groups in total. The number of carbonyl (C=O) groups excluding carboxylic acids is 2. The fourth-order valence-electron chi connectivity index (χ4n) is 3.54. The molecule has 158 valence electrons. The number of hydrogen-bond acceptors (Lipinski definition) is 6. The maximum absolute atomic E-state index is 13.1. The molecule has 2 unspecified atom stereocenters. The smallest absolute Gasteiger partial charge is 0.286 e. The standard InChI is InChI=1S/C19H25N3O5S2/c1-12(2)8-10-22-14(9-11-28(3)25)17(23)16(19(22)24)18-20-13-6-4-5-7-15(13)29(26,27)21-18/h4-7,12,14,16H,8-11H2,1-3H3,(H,20,21)/t14-,16?,28?/m0/s1. The number of anilines is 1. The van der Waals surface area contributed by atoms with E-state index in [1.165, 1.54) is 11.0 Å². The zero-order valence-electron chi connectivity index (χ0n) is 16.6. The van der Waals surface area contributed by atoms with Crippen LogP contribution in [0.3, 0.4) is 0 Å². The monoisotopic (exact) mass is 439 g/mol. The molecule has 0 radical (unpaired) electrons. The number of sulfonamides is 1. The van der Waals surface area contributed by atoms with Gasteiger partial charge in [-0.25, -0.2) is 0 Å². The van der Waals surface area contributed by atoms with Crippen LogP contribution in [0.5, 0.6) is 0 Å². The Morgan fingerprint density at radius 1 is 1.24 bits per heavy atom. The van der Waals surface area contributed by atoms with Crippen LogP contribution in [0.25, 0.3) is 0 Å². The van der Waals surface area contributed by atoms with E-state index >= 15 is 0 Å². The summed E-state index contributed by atoms with van der Waals surface area (Å²) in [7, 11) is -5.11. The first-order chi connectivity index (χ1) is 13.6. The molecule has 1 fully saturated rings. The predicted octanol–water partition coefficient (Wildman–Crippen LogP) is 1.41. The number of fused-ring (bicyclic) bond motifs is 1. The molecular formula is C19H25N3O5S2. The van der Waals surface area contributed by atoms with Gasteiger partial charge in [-0.2, -0.15) is 8.42 Å². The van der Waals surface area contributed by atoms with Crippen molar-refractivity contribution in [1.29, 1.82) is 0 Å². The Morgan fingerprint density at radius 3 is 2.59 bits per heavy atom. The molecule has 1 aromatic carbocycles. The fraction of sp³-hybridized carbons (Fsp3) is 0.526. The Morgan fingerprint density at radius 2 is 1.93 bits per heavy atom. The minimum atomic E-state index is -4.01. The van der Waals surface area contributed by atoms with Crippen molar-refractivity contribution in [2.75, 3.05) is 23.9 Å². The summed E-state index contributed by atoms with van der Waals surface area (Å²) in [6, 6.07) is 5.51. The van der Waals surface area contributed by atoms with Crippen LogP contribution in [0.15, 0.2) is 33.6 Å². The van der Waals surface area contributed by atoms with E-state index < -0.39 is 44.5 Å². The normalized spacial score (nSPS) is 24.3. The average molecular weight is 440 g/mol. The van der Waals surface area contributed by atoms with Gasteiger partial charge in [0, 0.05) is 29.4 Å². The first-order valence-corrected chi connectivity index (χ1v) is 12.6. The van der Waals surface area contributed by atoms with Gasteiger partial charge in [0.15, 0.2) is 11.7 Å². The van der Waals surface area contributed by atoms with Crippen LogP contribution in [0.2, 0.25) is 0 Å². The summed E-state index contributed by atoms with van der Waals surface area (Å²) in [6.45, 7) is 4.43. The molecule has 1 aromatic rings. The third-order valence-corrected chi connectivity index (χ3v) is 7.22. The van der Waals surface area contributed by atoms with Gasteiger partial charge >= 0.3 is 0 Å². The van der Waals surface area contributed by atoms with Crippen LogP contribution in [-0.4, -0.2) is 59.6 Å². The second kappa shape index (κ2) is 8.35. The molecule has 2 aliphatic heterocycles. The molecule has 1 saturated heterocycles. The largest absolute Gasteiger partial charge is 0.341 e. The Kier molecular flexibility index (Phi) is 6.23. The molecule has 2 heterocycles. The van der Waals surface area contributed by atoms with Crippen molar-refractivity contribution in [2.45, 2.75) is 37.6 Å². The molecule has 8 nitrogen and oxygen atoms in total. The van der Waals surface area contributed by atoms with Crippen molar-refractivity contribution in [2.24, 2.45) is 16.2 Å². The van der Waals surface area contributed by atoms with Crippen LogP contribution in [0, 0.1) is 11.8 Å². The maximum Gasteiger partial charge on any atom is 0.286 e. The maximum atomic E-state index is 13.1. The van der Waals surface area contributed by atoms with Crippen LogP contribution in [0.1, 0.15) is 26.7 Å². The van der Waals surface area contributed by atoms with Crippen LogP contribution < -0.4 is 5.32 Å². The van der Waals surface area contributed by atoms with Gasteiger partial charge in [0.25, 0.3) is 10.0 Å². The van der Waals surface area contributed by atoms with Crippen LogP contribution >= 0.6 is 0 Å². The summed E-state index contributed by atoms with van der Waals surface area (Å²) >= 11 is 0. The molecule has 0 saturated carbocycles. The molecule has 29 heavy (non-hydrogen) atoms. The molecule has 10 heteroatoms. The highest BCUT2D eigenvalue weighted by molar-refractivity contribution is 7.90. The average Bonchev–Trinajstić information content (AvgIpc) is 2.87. The van der Waals surface area contributed by atoms with Gasteiger partial charge < -0.3 is 10.2 Å². The number of amidine groups is 1. The predicted molar refractivity (Wildman–Crippen MR) is 112 cm³/mol.